The van der Waals surface area contributed by atoms with Crippen molar-refractivity contribution >= 4 is 44.0 Å². The number of hydrogen-bond acceptors (Lipinski definition) is 5. The molecule has 0 saturated carbocycles. The molecule has 108 valence electrons. The maximum Gasteiger partial charge on any atom is 0.319 e. The lowest BCUT2D eigenvalue weighted by Gasteiger charge is -2.11. The van der Waals surface area contributed by atoms with Crippen molar-refractivity contribution in [3.05, 3.63) is 47.5 Å². The number of rotatable bonds is 4. The number of aliphatic hydroxyl groups is 1. The molecule has 0 spiro atoms. The Morgan fingerprint density at radius 3 is 3.00 bits per heavy atom. The quantitative estimate of drug-likeness (QED) is 0.691. The fraction of sp³-hybridized carbons (Fsp3) is 0.143. The number of benzene rings is 1. The summed E-state index contributed by atoms with van der Waals surface area (Å²) in [7, 11) is 0. The molecule has 3 rings (SSSR count). The number of carbonyl (C=O) groups excluding carboxylic acids is 1. The molecular weight excluding hydrogens is 306 g/mol. The highest BCUT2D eigenvalue weighted by atomic mass is 32.1. The van der Waals surface area contributed by atoms with Crippen molar-refractivity contribution in [2.75, 3.05) is 11.9 Å². The van der Waals surface area contributed by atoms with E-state index in [1.54, 1.807) is 23.6 Å². The lowest BCUT2D eigenvalue weighted by Crippen LogP contribution is -2.32. The van der Waals surface area contributed by atoms with Crippen LogP contribution in [-0.2, 0) is 0 Å². The van der Waals surface area contributed by atoms with Crippen molar-refractivity contribution in [1.82, 2.24) is 9.69 Å². The van der Waals surface area contributed by atoms with Gasteiger partial charge in [0.25, 0.3) is 0 Å². The minimum absolute atomic E-state index is 0.158. The van der Waals surface area contributed by atoms with Crippen LogP contribution in [-0.4, -0.2) is 22.1 Å². The number of hydrogen-bond donors (Lipinski definition) is 3. The Kier molecular flexibility index (Phi) is 4.14. The summed E-state index contributed by atoms with van der Waals surface area (Å²) in [5, 5.41) is 19.2. The van der Waals surface area contributed by atoms with Crippen molar-refractivity contribution in [2.24, 2.45) is 0 Å². The van der Waals surface area contributed by atoms with Crippen LogP contribution in [0.5, 0.6) is 0 Å². The van der Waals surface area contributed by atoms with Gasteiger partial charge in [0.15, 0.2) is 0 Å². The predicted octanol–water partition coefficient (Wildman–Crippen LogP) is 3.21. The number of amides is 2. The first-order valence-electron chi connectivity index (χ1n) is 6.34. The number of fused-ring (bicyclic) bond motifs is 1. The Morgan fingerprint density at radius 2 is 2.19 bits per heavy atom. The van der Waals surface area contributed by atoms with Crippen LogP contribution in [0.1, 0.15) is 11.7 Å². The molecule has 3 N–H and O–H groups in total. The summed E-state index contributed by atoms with van der Waals surface area (Å²) < 4.78 is 5.02. The van der Waals surface area contributed by atoms with Gasteiger partial charge in [0.1, 0.15) is 5.00 Å². The van der Waals surface area contributed by atoms with Crippen LogP contribution in [0.25, 0.3) is 10.1 Å². The van der Waals surface area contributed by atoms with Crippen molar-refractivity contribution in [3.8, 4) is 0 Å². The molecule has 1 atom stereocenters. The average Bonchev–Trinajstić information content (AvgIpc) is 3.13. The molecule has 3 aromatic rings. The summed E-state index contributed by atoms with van der Waals surface area (Å²) in [6, 6.07) is 9.26. The van der Waals surface area contributed by atoms with Crippen LogP contribution in [0.2, 0.25) is 0 Å². The van der Waals surface area contributed by atoms with E-state index in [2.05, 4.69) is 15.0 Å². The smallest absolute Gasteiger partial charge is 0.319 e. The highest BCUT2D eigenvalue weighted by Crippen LogP contribution is 2.29. The summed E-state index contributed by atoms with van der Waals surface area (Å²) >= 11 is 2.79. The molecule has 0 aliphatic rings. The third-order valence-corrected chi connectivity index (χ3v) is 4.64. The Labute approximate surface area is 129 Å². The first kappa shape index (κ1) is 14.0. The number of aromatic nitrogens is 1. The molecule has 0 radical (unpaired) electrons. The predicted molar refractivity (Wildman–Crippen MR) is 85.9 cm³/mol. The van der Waals surface area contributed by atoms with Gasteiger partial charge in [-0.1, -0.05) is 18.2 Å². The van der Waals surface area contributed by atoms with Gasteiger partial charge < -0.3 is 10.4 Å². The molecule has 0 fully saturated rings. The van der Waals surface area contributed by atoms with Gasteiger partial charge in [0.05, 0.1) is 6.10 Å². The van der Waals surface area contributed by atoms with Gasteiger partial charge in [-0.25, -0.2) is 4.79 Å². The van der Waals surface area contributed by atoms with E-state index in [4.69, 9.17) is 0 Å². The second-order valence-corrected chi connectivity index (χ2v) is 6.16. The molecule has 2 aromatic heterocycles. The van der Waals surface area contributed by atoms with Crippen molar-refractivity contribution < 1.29 is 9.90 Å². The largest absolute Gasteiger partial charge is 0.387 e. The molecule has 0 saturated heterocycles. The number of thiophene rings is 1. The number of nitrogens with one attached hydrogen (secondary N) is 2. The zero-order chi connectivity index (χ0) is 14.7. The minimum atomic E-state index is -0.728. The summed E-state index contributed by atoms with van der Waals surface area (Å²) in [5.74, 6) is 0. The third-order valence-electron chi connectivity index (χ3n) is 3.00. The van der Waals surface area contributed by atoms with Gasteiger partial charge in [0.2, 0.25) is 0 Å². The molecular formula is C14H13N3O2S2. The molecule has 7 heteroatoms. The molecule has 5 nitrogen and oxygen atoms in total. The lowest BCUT2D eigenvalue weighted by atomic mass is 10.1. The third kappa shape index (κ3) is 3.21. The van der Waals surface area contributed by atoms with Crippen LogP contribution >= 0.6 is 22.9 Å². The highest BCUT2D eigenvalue weighted by Gasteiger charge is 2.14. The molecule has 2 heterocycles. The fourth-order valence-corrected chi connectivity index (χ4v) is 3.50. The Balaban J connectivity index is 1.61. The Morgan fingerprint density at radius 1 is 1.33 bits per heavy atom. The number of aliphatic hydroxyl groups excluding tert-OH is 1. The summed E-state index contributed by atoms with van der Waals surface area (Å²) in [4.78, 5) is 11.7. The van der Waals surface area contributed by atoms with Crippen LogP contribution in [0.3, 0.4) is 0 Å². The van der Waals surface area contributed by atoms with E-state index in [0.717, 1.165) is 15.6 Å². The minimum Gasteiger partial charge on any atom is -0.387 e. The van der Waals surface area contributed by atoms with Crippen LogP contribution in [0, 0.1) is 0 Å². The molecule has 2 amide bonds. The Bertz CT molecular complexity index is 740. The topological polar surface area (TPSA) is 74.2 Å². The van der Waals surface area contributed by atoms with E-state index >= 15 is 0 Å². The van der Waals surface area contributed by atoms with E-state index in [9.17, 15) is 9.90 Å². The normalized spacial score (nSPS) is 12.2. The second kappa shape index (κ2) is 6.21. The highest BCUT2D eigenvalue weighted by molar-refractivity contribution is 7.17. The van der Waals surface area contributed by atoms with Crippen LogP contribution < -0.4 is 10.6 Å². The maximum absolute atomic E-state index is 11.7. The average molecular weight is 319 g/mol. The molecule has 0 aliphatic heterocycles. The van der Waals surface area contributed by atoms with Gasteiger partial charge in [-0.3, -0.25) is 5.32 Å². The zero-order valence-electron chi connectivity index (χ0n) is 10.9. The van der Waals surface area contributed by atoms with Gasteiger partial charge in [-0.05, 0) is 34.4 Å². The molecule has 21 heavy (non-hydrogen) atoms. The Hall–Kier alpha value is -1.96. The van der Waals surface area contributed by atoms with E-state index in [1.807, 2.05) is 29.6 Å². The monoisotopic (exact) mass is 319 g/mol. The standard InChI is InChI=1S/C14H13N3O2S2/c18-11(7-15-14(19)17-13-5-6-16-21-13)10-8-20-12-4-2-1-3-9(10)12/h1-6,8,11,18H,7H2,(H2,15,17,19). The van der Waals surface area contributed by atoms with Gasteiger partial charge in [0, 0.05) is 23.0 Å². The summed E-state index contributed by atoms with van der Waals surface area (Å²) in [5.41, 5.74) is 0.841. The van der Waals surface area contributed by atoms with E-state index in [1.165, 1.54) is 11.5 Å². The zero-order valence-corrected chi connectivity index (χ0v) is 12.6. The van der Waals surface area contributed by atoms with E-state index < -0.39 is 6.10 Å². The van der Waals surface area contributed by atoms with Crippen LogP contribution in [0.4, 0.5) is 9.80 Å². The van der Waals surface area contributed by atoms with E-state index in [-0.39, 0.29) is 12.6 Å². The number of nitrogens with zero attached hydrogens (tertiary/aromatic N) is 1. The molecule has 0 aliphatic carbocycles. The van der Waals surface area contributed by atoms with Crippen molar-refractivity contribution in [2.45, 2.75) is 6.10 Å². The molecule has 1 unspecified atom stereocenters. The summed E-state index contributed by atoms with van der Waals surface area (Å²) in [6.07, 6.45) is 0.889. The summed E-state index contributed by atoms with van der Waals surface area (Å²) in [6.45, 7) is 0.158. The van der Waals surface area contributed by atoms with Gasteiger partial charge in [-0.15, -0.1) is 11.3 Å². The first-order valence-corrected chi connectivity index (χ1v) is 7.99. The van der Waals surface area contributed by atoms with Crippen LogP contribution in [0.15, 0.2) is 41.9 Å². The fourth-order valence-electron chi connectivity index (χ4n) is 1.99. The second-order valence-electron chi connectivity index (χ2n) is 4.41. The van der Waals surface area contributed by atoms with E-state index in [0.29, 0.717) is 5.00 Å². The maximum atomic E-state index is 11.7. The number of anilines is 1. The van der Waals surface area contributed by atoms with Crippen molar-refractivity contribution in [1.29, 1.82) is 0 Å². The number of carbonyl (C=O) groups is 1. The lowest BCUT2D eigenvalue weighted by molar-refractivity contribution is 0.177. The van der Waals surface area contributed by atoms with Gasteiger partial charge >= 0.3 is 6.03 Å². The van der Waals surface area contributed by atoms with Gasteiger partial charge in [-0.2, -0.15) is 4.37 Å². The molecule has 1 aromatic carbocycles. The molecule has 0 bridgehead atoms. The first-order chi connectivity index (χ1) is 10.2. The number of urea groups is 1. The SMILES string of the molecule is O=C(NCC(O)c1csc2ccccc12)Nc1ccns1. The van der Waals surface area contributed by atoms with Crippen molar-refractivity contribution in [3.63, 3.8) is 0 Å².